The van der Waals surface area contributed by atoms with Crippen molar-refractivity contribution in [2.24, 2.45) is 0 Å². The van der Waals surface area contributed by atoms with Crippen LogP contribution in [0.15, 0.2) is 0 Å². The molecule has 6 nitrogen and oxygen atoms in total. The molecule has 0 fully saturated rings. The van der Waals surface area contributed by atoms with Gasteiger partial charge in [-0.2, -0.15) is 0 Å². The van der Waals surface area contributed by atoms with Gasteiger partial charge in [0.15, 0.2) is 0 Å². The van der Waals surface area contributed by atoms with Gasteiger partial charge in [-0.25, -0.2) is 0 Å². The lowest BCUT2D eigenvalue weighted by Gasteiger charge is -2.32. The van der Waals surface area contributed by atoms with Crippen molar-refractivity contribution in [2.75, 3.05) is 34.0 Å². The van der Waals surface area contributed by atoms with Crippen LogP contribution in [0.25, 0.3) is 0 Å². The molecule has 0 heterocycles. The summed E-state index contributed by atoms with van der Waals surface area (Å²) < 4.78 is 22.4. The molecular weight excluding hydrogens is 324 g/mol. The summed E-state index contributed by atoms with van der Waals surface area (Å²) in [5.41, 5.74) is 0. The molecule has 0 aliphatic rings. The molecule has 0 aromatic carbocycles. The van der Waals surface area contributed by atoms with Crippen LogP contribution in [0.2, 0.25) is 0 Å². The van der Waals surface area contributed by atoms with Crippen LogP contribution in [0, 0.1) is 0 Å². The van der Waals surface area contributed by atoms with E-state index >= 15 is 0 Å². The maximum Gasteiger partial charge on any atom is 0.109 e. The molecule has 152 valence electrons. The number of methoxy groups -OCH3 is 2. The topological polar surface area (TPSA) is 77.4 Å². The van der Waals surface area contributed by atoms with E-state index in [0.29, 0.717) is 19.6 Å². The van der Waals surface area contributed by atoms with E-state index in [-0.39, 0.29) is 18.8 Å². The lowest BCUT2D eigenvalue weighted by molar-refractivity contribution is -0.134. The molecule has 0 spiro atoms. The molecule has 0 radical (unpaired) electrons. The van der Waals surface area contributed by atoms with Gasteiger partial charge in [0.05, 0.1) is 24.9 Å². The van der Waals surface area contributed by atoms with Crippen molar-refractivity contribution >= 4 is 0 Å². The van der Waals surface area contributed by atoms with Crippen molar-refractivity contribution in [3.05, 3.63) is 0 Å². The molecule has 25 heavy (non-hydrogen) atoms. The van der Waals surface area contributed by atoms with Crippen LogP contribution in [0.4, 0.5) is 0 Å². The minimum atomic E-state index is -0.762. The van der Waals surface area contributed by atoms with Crippen LogP contribution in [0.5, 0.6) is 0 Å². The van der Waals surface area contributed by atoms with Crippen molar-refractivity contribution < 1.29 is 29.2 Å². The molecule has 0 aromatic heterocycles. The molecule has 0 saturated heterocycles. The quantitative estimate of drug-likeness (QED) is 0.386. The van der Waals surface area contributed by atoms with Gasteiger partial charge in [-0.15, -0.1) is 0 Å². The van der Waals surface area contributed by atoms with Gasteiger partial charge in [-0.05, 0) is 19.8 Å². The zero-order valence-corrected chi connectivity index (χ0v) is 16.8. The lowest BCUT2D eigenvalue weighted by atomic mass is 9.99. The van der Waals surface area contributed by atoms with E-state index in [1.807, 2.05) is 6.92 Å². The summed E-state index contributed by atoms with van der Waals surface area (Å²) in [6, 6.07) is 0. The SMILES string of the molecule is CCCCCOC(CC(O)C(OC)C(C)OCCCC)C(CO)OC. The van der Waals surface area contributed by atoms with Crippen LogP contribution in [-0.2, 0) is 18.9 Å². The van der Waals surface area contributed by atoms with E-state index in [4.69, 9.17) is 18.9 Å². The van der Waals surface area contributed by atoms with Gasteiger partial charge >= 0.3 is 0 Å². The Bertz CT molecular complexity index is 285. The van der Waals surface area contributed by atoms with Gasteiger partial charge in [0.25, 0.3) is 0 Å². The highest BCUT2D eigenvalue weighted by molar-refractivity contribution is 4.82. The van der Waals surface area contributed by atoms with Crippen molar-refractivity contribution in [1.29, 1.82) is 0 Å². The average molecular weight is 365 g/mol. The first-order valence-electron chi connectivity index (χ1n) is 9.63. The predicted molar refractivity (Wildman–Crippen MR) is 98.9 cm³/mol. The van der Waals surface area contributed by atoms with Crippen molar-refractivity contribution in [1.82, 2.24) is 0 Å². The van der Waals surface area contributed by atoms with Gasteiger partial charge in [-0.1, -0.05) is 33.1 Å². The Morgan fingerprint density at radius 3 is 2.00 bits per heavy atom. The number of hydrogen-bond donors (Lipinski definition) is 2. The van der Waals surface area contributed by atoms with Gasteiger partial charge in [0.2, 0.25) is 0 Å². The van der Waals surface area contributed by atoms with E-state index < -0.39 is 18.3 Å². The minimum Gasteiger partial charge on any atom is -0.394 e. The van der Waals surface area contributed by atoms with E-state index in [1.54, 1.807) is 14.2 Å². The zero-order valence-electron chi connectivity index (χ0n) is 16.8. The Kier molecular flexibility index (Phi) is 15.8. The summed E-state index contributed by atoms with van der Waals surface area (Å²) in [6.07, 6.45) is 3.24. The molecule has 5 atom stereocenters. The van der Waals surface area contributed by atoms with Gasteiger partial charge in [0, 0.05) is 33.9 Å². The molecule has 0 amide bonds. The van der Waals surface area contributed by atoms with Crippen molar-refractivity contribution in [3.63, 3.8) is 0 Å². The van der Waals surface area contributed by atoms with Crippen LogP contribution in [0.1, 0.15) is 59.3 Å². The van der Waals surface area contributed by atoms with Gasteiger partial charge in [-0.3, -0.25) is 0 Å². The average Bonchev–Trinajstić information content (AvgIpc) is 2.60. The second kappa shape index (κ2) is 16.0. The third-order valence-corrected chi connectivity index (χ3v) is 4.44. The molecule has 0 aliphatic heterocycles. The number of ether oxygens (including phenoxy) is 4. The maximum absolute atomic E-state index is 10.6. The minimum absolute atomic E-state index is 0.151. The fraction of sp³-hybridized carbons (Fsp3) is 1.00. The molecule has 0 rings (SSSR count). The highest BCUT2D eigenvalue weighted by Gasteiger charge is 2.31. The first-order valence-corrected chi connectivity index (χ1v) is 9.63. The number of aliphatic hydroxyl groups excluding tert-OH is 2. The normalized spacial score (nSPS) is 17.9. The summed E-state index contributed by atoms with van der Waals surface area (Å²) in [7, 11) is 3.12. The highest BCUT2D eigenvalue weighted by Crippen LogP contribution is 2.18. The molecule has 0 aromatic rings. The fourth-order valence-corrected chi connectivity index (χ4v) is 2.80. The predicted octanol–water partition coefficient (Wildman–Crippen LogP) is 2.54. The van der Waals surface area contributed by atoms with Crippen molar-refractivity contribution in [2.45, 2.75) is 89.8 Å². The molecule has 0 saturated carbocycles. The summed E-state index contributed by atoms with van der Waals surface area (Å²) >= 11 is 0. The Labute approximate surface area is 153 Å². The van der Waals surface area contributed by atoms with E-state index in [2.05, 4.69) is 13.8 Å². The van der Waals surface area contributed by atoms with Crippen LogP contribution >= 0.6 is 0 Å². The maximum atomic E-state index is 10.6. The molecule has 6 heteroatoms. The van der Waals surface area contributed by atoms with E-state index in [9.17, 15) is 10.2 Å². The second-order valence-electron chi connectivity index (χ2n) is 6.51. The zero-order chi connectivity index (χ0) is 19.1. The summed E-state index contributed by atoms with van der Waals surface area (Å²) in [5, 5.41) is 20.1. The number of unbranched alkanes of at least 4 members (excludes halogenated alkanes) is 3. The number of rotatable bonds is 17. The van der Waals surface area contributed by atoms with Crippen LogP contribution in [0.3, 0.4) is 0 Å². The standard InChI is InChI=1S/C19H40O6/c1-6-8-10-12-25-17(18(14-20)22-4)13-16(21)19(23-5)15(3)24-11-9-7-2/h15-21H,6-14H2,1-5H3. The molecule has 5 unspecified atom stereocenters. The Morgan fingerprint density at radius 2 is 1.48 bits per heavy atom. The fourth-order valence-electron chi connectivity index (χ4n) is 2.80. The first-order chi connectivity index (χ1) is 12.0. The Hall–Kier alpha value is -0.240. The monoisotopic (exact) mass is 364 g/mol. The van der Waals surface area contributed by atoms with Crippen LogP contribution in [-0.4, -0.2) is 74.8 Å². The molecule has 2 N–H and O–H groups in total. The number of hydrogen-bond acceptors (Lipinski definition) is 6. The first kappa shape index (κ1) is 24.8. The smallest absolute Gasteiger partial charge is 0.109 e. The van der Waals surface area contributed by atoms with Gasteiger partial charge in [0.1, 0.15) is 12.2 Å². The Morgan fingerprint density at radius 1 is 0.840 bits per heavy atom. The Balaban J connectivity index is 4.68. The molecular formula is C19H40O6. The van der Waals surface area contributed by atoms with E-state index in [0.717, 1.165) is 32.1 Å². The summed E-state index contributed by atoms with van der Waals surface area (Å²) in [5.74, 6) is 0. The van der Waals surface area contributed by atoms with E-state index in [1.165, 1.54) is 0 Å². The highest BCUT2D eigenvalue weighted by atomic mass is 16.5. The molecule has 0 bridgehead atoms. The lowest BCUT2D eigenvalue weighted by Crippen LogP contribution is -2.44. The largest absolute Gasteiger partial charge is 0.394 e. The molecule has 0 aliphatic carbocycles. The second-order valence-corrected chi connectivity index (χ2v) is 6.51. The summed E-state index contributed by atoms with van der Waals surface area (Å²) in [4.78, 5) is 0. The van der Waals surface area contributed by atoms with Crippen molar-refractivity contribution in [3.8, 4) is 0 Å². The third kappa shape index (κ3) is 10.5. The summed E-state index contributed by atoms with van der Waals surface area (Å²) in [6.45, 7) is 7.24. The number of aliphatic hydroxyl groups is 2. The van der Waals surface area contributed by atoms with Gasteiger partial charge < -0.3 is 29.2 Å². The third-order valence-electron chi connectivity index (χ3n) is 4.44. The van der Waals surface area contributed by atoms with Crippen LogP contribution < -0.4 is 0 Å².